The van der Waals surface area contributed by atoms with Gasteiger partial charge in [-0.3, -0.25) is 4.79 Å². The number of rotatable bonds is 1. The lowest BCUT2D eigenvalue weighted by Gasteiger charge is -2.27. The minimum Gasteiger partial charge on any atom is -0.397 e. The Bertz CT molecular complexity index is 640. The van der Waals surface area contributed by atoms with Gasteiger partial charge in [-0.15, -0.1) is 10.2 Å². The second-order valence-corrected chi connectivity index (χ2v) is 4.63. The van der Waals surface area contributed by atoms with E-state index in [1.807, 2.05) is 4.57 Å². The van der Waals surface area contributed by atoms with Crippen LogP contribution in [0.25, 0.3) is 0 Å². The molecule has 0 saturated carbocycles. The monoisotopic (exact) mass is 278 g/mol. The summed E-state index contributed by atoms with van der Waals surface area (Å²) in [5, 5.41) is 7.95. The van der Waals surface area contributed by atoms with Gasteiger partial charge in [0, 0.05) is 13.1 Å². The maximum absolute atomic E-state index is 12.4. The number of nitrogens with zero attached hydrogens (tertiary/aromatic N) is 5. The Balaban J connectivity index is 1.87. The van der Waals surface area contributed by atoms with E-state index >= 15 is 0 Å². The number of anilines is 1. The van der Waals surface area contributed by atoms with Crippen molar-refractivity contribution in [2.45, 2.75) is 13.1 Å². The molecule has 0 unspecified atom stereocenters. The average molecular weight is 279 g/mol. The summed E-state index contributed by atoms with van der Waals surface area (Å²) in [6, 6.07) is 1.54. The molecule has 0 aromatic carbocycles. The number of hydrogen-bond donors (Lipinski definition) is 1. The van der Waals surface area contributed by atoms with Gasteiger partial charge in [0.05, 0.1) is 24.0 Å². The summed E-state index contributed by atoms with van der Waals surface area (Å²) >= 11 is 5.94. The summed E-state index contributed by atoms with van der Waals surface area (Å²) in [6.45, 7) is 1.65. The number of fused-ring (bicyclic) bond motifs is 1. The topological polar surface area (TPSA) is 89.9 Å². The number of carbonyl (C=O) groups is 1. The third-order valence-electron chi connectivity index (χ3n) is 3.02. The molecule has 1 aliphatic heterocycles. The Labute approximate surface area is 114 Å². The van der Waals surface area contributed by atoms with Gasteiger partial charge in [0.25, 0.3) is 5.91 Å². The Hall–Kier alpha value is -2.15. The van der Waals surface area contributed by atoms with Crippen LogP contribution in [0.3, 0.4) is 0 Å². The minimum atomic E-state index is -0.195. The van der Waals surface area contributed by atoms with Gasteiger partial charge in [0.1, 0.15) is 11.5 Å². The van der Waals surface area contributed by atoms with Gasteiger partial charge < -0.3 is 15.2 Å². The number of amides is 1. The molecule has 2 aromatic heterocycles. The van der Waals surface area contributed by atoms with Crippen molar-refractivity contribution >= 4 is 23.2 Å². The fraction of sp³-hybridized carbons (Fsp3) is 0.273. The van der Waals surface area contributed by atoms with Crippen LogP contribution >= 0.6 is 11.6 Å². The zero-order valence-electron chi connectivity index (χ0n) is 9.95. The van der Waals surface area contributed by atoms with E-state index in [9.17, 15) is 4.79 Å². The van der Waals surface area contributed by atoms with E-state index in [1.165, 1.54) is 12.3 Å². The van der Waals surface area contributed by atoms with Gasteiger partial charge in [0.2, 0.25) is 0 Å². The van der Waals surface area contributed by atoms with Gasteiger partial charge >= 0.3 is 0 Å². The molecule has 19 heavy (non-hydrogen) atoms. The van der Waals surface area contributed by atoms with Crippen LogP contribution in [-0.2, 0) is 13.1 Å². The molecule has 0 bridgehead atoms. The van der Waals surface area contributed by atoms with Gasteiger partial charge in [-0.25, -0.2) is 4.98 Å². The zero-order valence-corrected chi connectivity index (χ0v) is 10.7. The average Bonchev–Trinajstić information content (AvgIpc) is 2.88. The first kappa shape index (κ1) is 11.9. The summed E-state index contributed by atoms with van der Waals surface area (Å²) < 4.78 is 1.92. The second kappa shape index (κ2) is 4.51. The SMILES string of the molecule is Nc1cnc(Cl)c(C(=O)N2CCn3cnnc3C2)c1. The highest BCUT2D eigenvalue weighted by molar-refractivity contribution is 6.32. The zero-order chi connectivity index (χ0) is 13.4. The van der Waals surface area contributed by atoms with Crippen LogP contribution in [0.4, 0.5) is 5.69 Å². The predicted octanol–water partition coefficient (Wildman–Crippen LogP) is 0.565. The van der Waals surface area contributed by atoms with Crippen molar-refractivity contribution < 1.29 is 4.79 Å². The van der Waals surface area contributed by atoms with E-state index in [0.29, 0.717) is 30.9 Å². The number of nitrogen functional groups attached to an aromatic ring is 1. The molecular weight excluding hydrogens is 268 g/mol. The third kappa shape index (κ3) is 2.12. The summed E-state index contributed by atoms with van der Waals surface area (Å²) in [5.41, 5.74) is 6.36. The number of hydrogen-bond acceptors (Lipinski definition) is 5. The molecule has 0 fully saturated rings. The van der Waals surface area contributed by atoms with Crippen molar-refractivity contribution in [1.29, 1.82) is 0 Å². The van der Waals surface area contributed by atoms with Crippen LogP contribution in [0.15, 0.2) is 18.6 Å². The molecule has 0 spiro atoms. The first-order valence-corrected chi connectivity index (χ1v) is 6.10. The molecule has 0 saturated heterocycles. The molecule has 0 radical (unpaired) electrons. The van der Waals surface area contributed by atoms with Gasteiger partial charge in [-0.2, -0.15) is 0 Å². The van der Waals surface area contributed by atoms with E-state index in [4.69, 9.17) is 17.3 Å². The third-order valence-corrected chi connectivity index (χ3v) is 3.32. The molecule has 8 heteroatoms. The van der Waals surface area contributed by atoms with Crippen molar-refractivity contribution in [3.8, 4) is 0 Å². The normalized spacial score (nSPS) is 14.3. The number of carbonyl (C=O) groups excluding carboxylic acids is 1. The van der Waals surface area contributed by atoms with Gasteiger partial charge in [-0.05, 0) is 6.07 Å². The highest BCUT2D eigenvalue weighted by Gasteiger charge is 2.24. The molecule has 7 nitrogen and oxygen atoms in total. The maximum atomic E-state index is 12.4. The predicted molar refractivity (Wildman–Crippen MR) is 68.4 cm³/mol. The lowest BCUT2D eigenvalue weighted by Crippen LogP contribution is -2.38. The Morgan fingerprint density at radius 3 is 3.11 bits per heavy atom. The Morgan fingerprint density at radius 2 is 2.26 bits per heavy atom. The smallest absolute Gasteiger partial charge is 0.257 e. The van der Waals surface area contributed by atoms with Crippen LogP contribution < -0.4 is 5.73 Å². The van der Waals surface area contributed by atoms with Crippen molar-refractivity contribution in [3.63, 3.8) is 0 Å². The van der Waals surface area contributed by atoms with Crippen LogP contribution in [0, 0.1) is 0 Å². The highest BCUT2D eigenvalue weighted by Crippen LogP contribution is 2.20. The second-order valence-electron chi connectivity index (χ2n) is 4.27. The maximum Gasteiger partial charge on any atom is 0.257 e. The van der Waals surface area contributed by atoms with Crippen molar-refractivity contribution in [2.75, 3.05) is 12.3 Å². The Kier molecular flexibility index (Phi) is 2.83. The fourth-order valence-corrected chi connectivity index (χ4v) is 2.21. The molecule has 1 aliphatic rings. The lowest BCUT2D eigenvalue weighted by atomic mass is 10.2. The first-order chi connectivity index (χ1) is 9.15. The quantitative estimate of drug-likeness (QED) is 0.770. The van der Waals surface area contributed by atoms with Gasteiger partial charge in [-0.1, -0.05) is 11.6 Å². The summed E-state index contributed by atoms with van der Waals surface area (Å²) in [6.07, 6.45) is 3.08. The van der Waals surface area contributed by atoms with E-state index in [2.05, 4.69) is 15.2 Å². The molecule has 2 aromatic rings. The molecule has 98 valence electrons. The van der Waals surface area contributed by atoms with Gasteiger partial charge in [0.15, 0.2) is 5.82 Å². The molecule has 1 amide bonds. The molecule has 2 N–H and O–H groups in total. The lowest BCUT2D eigenvalue weighted by molar-refractivity contribution is 0.0707. The Morgan fingerprint density at radius 1 is 1.42 bits per heavy atom. The largest absolute Gasteiger partial charge is 0.397 e. The van der Waals surface area contributed by atoms with Crippen molar-refractivity contribution in [2.24, 2.45) is 0 Å². The van der Waals surface area contributed by atoms with Crippen molar-refractivity contribution in [1.82, 2.24) is 24.6 Å². The molecule has 3 heterocycles. The first-order valence-electron chi connectivity index (χ1n) is 5.72. The fourth-order valence-electron chi connectivity index (χ4n) is 2.02. The number of nitrogens with two attached hydrogens (primary N) is 1. The summed E-state index contributed by atoms with van der Waals surface area (Å²) in [5.74, 6) is 0.562. The number of aromatic nitrogens is 4. The van der Waals surface area contributed by atoms with E-state index in [1.54, 1.807) is 11.2 Å². The molecule has 0 atom stereocenters. The van der Waals surface area contributed by atoms with E-state index in [-0.39, 0.29) is 11.1 Å². The van der Waals surface area contributed by atoms with Crippen LogP contribution in [-0.4, -0.2) is 37.1 Å². The standard InChI is InChI=1S/C11H11ClN6O/c12-10-8(3-7(13)4-14-10)11(19)17-1-2-18-6-15-16-9(18)5-17/h3-4,6H,1-2,5,13H2. The molecule has 3 rings (SSSR count). The number of pyridine rings is 1. The molecular formula is C11H11ClN6O. The van der Waals surface area contributed by atoms with Crippen LogP contribution in [0.2, 0.25) is 5.15 Å². The summed E-state index contributed by atoms with van der Waals surface area (Å²) in [7, 11) is 0. The summed E-state index contributed by atoms with van der Waals surface area (Å²) in [4.78, 5) is 17.9. The molecule has 0 aliphatic carbocycles. The van der Waals surface area contributed by atoms with Crippen LogP contribution in [0.5, 0.6) is 0 Å². The van der Waals surface area contributed by atoms with Crippen LogP contribution in [0.1, 0.15) is 16.2 Å². The van der Waals surface area contributed by atoms with Crippen molar-refractivity contribution in [3.05, 3.63) is 35.1 Å². The minimum absolute atomic E-state index is 0.159. The number of halogens is 1. The van der Waals surface area contributed by atoms with E-state index in [0.717, 1.165) is 5.82 Å². The van der Waals surface area contributed by atoms with E-state index < -0.39 is 0 Å². The highest BCUT2D eigenvalue weighted by atomic mass is 35.5.